The van der Waals surface area contributed by atoms with Gasteiger partial charge < -0.3 is 34.8 Å². The van der Waals surface area contributed by atoms with Crippen molar-refractivity contribution in [2.75, 3.05) is 38.7 Å². The molecule has 1 aliphatic rings. The fourth-order valence-corrected chi connectivity index (χ4v) is 3.22. The third kappa shape index (κ3) is 5.67. The smallest absolute Gasteiger partial charge is 0.343 e. The number of aliphatic hydroxyl groups excluding tert-OH is 1. The van der Waals surface area contributed by atoms with Crippen LogP contribution in [0, 0.1) is 5.82 Å². The normalized spacial score (nSPS) is 14.5. The highest BCUT2D eigenvalue weighted by atomic mass is 19.1. The predicted molar refractivity (Wildman–Crippen MR) is 104 cm³/mol. The number of aromatic carboxylic acids is 1. The number of rotatable bonds is 7. The number of ether oxygens (including phenoxy) is 1. The van der Waals surface area contributed by atoms with Gasteiger partial charge in [-0.1, -0.05) is 5.16 Å². The number of β-amino-alcohol motifs (C(OH)–C–C–N with tert-alkyl or cyclic N) is 1. The molecule has 0 amide bonds. The van der Waals surface area contributed by atoms with E-state index >= 15 is 0 Å². The predicted octanol–water partition coefficient (Wildman–Crippen LogP) is 1.76. The molecule has 10 nitrogen and oxygen atoms in total. The third-order valence-electron chi connectivity index (χ3n) is 4.66. The van der Waals surface area contributed by atoms with Crippen molar-refractivity contribution in [3.63, 3.8) is 0 Å². The molecule has 0 saturated carbocycles. The third-order valence-corrected chi connectivity index (χ3v) is 4.66. The molecule has 3 rings (SSSR count). The number of piperidine rings is 1. The van der Waals surface area contributed by atoms with Gasteiger partial charge in [0.05, 0.1) is 13.7 Å². The standard InChI is InChI=1S/C18H22FN3O5.CH2O2/c1-26-14-10-11(2-3-13(14)19)16-15(18(24)25)17(21-27-16)20-12-4-6-22(7-5-12)8-9-23;2-1-3/h2-3,10,12,23H,4-9H2,1H3,(H,20,21)(H,24,25);1H,(H,2,3). The van der Waals surface area contributed by atoms with Gasteiger partial charge >= 0.3 is 5.97 Å². The van der Waals surface area contributed by atoms with Gasteiger partial charge in [-0.15, -0.1) is 0 Å². The Labute approximate surface area is 171 Å². The van der Waals surface area contributed by atoms with Gasteiger partial charge in [0.15, 0.2) is 28.7 Å². The van der Waals surface area contributed by atoms with Gasteiger partial charge in [0.2, 0.25) is 0 Å². The molecule has 2 aromatic rings. The average Bonchev–Trinajstić information content (AvgIpc) is 3.14. The monoisotopic (exact) mass is 425 g/mol. The van der Waals surface area contributed by atoms with Crippen molar-refractivity contribution in [3.05, 3.63) is 29.6 Å². The number of methoxy groups -OCH3 is 1. The van der Waals surface area contributed by atoms with Crippen LogP contribution in [-0.2, 0) is 4.79 Å². The summed E-state index contributed by atoms with van der Waals surface area (Å²) < 4.78 is 23.8. The van der Waals surface area contributed by atoms with Crippen LogP contribution >= 0.6 is 0 Å². The summed E-state index contributed by atoms with van der Waals surface area (Å²) in [6.07, 6.45) is 1.59. The van der Waals surface area contributed by atoms with Gasteiger partial charge in [-0.3, -0.25) is 4.79 Å². The highest BCUT2D eigenvalue weighted by molar-refractivity contribution is 5.99. The lowest BCUT2D eigenvalue weighted by atomic mass is 10.0. The first-order valence-corrected chi connectivity index (χ1v) is 9.19. The summed E-state index contributed by atoms with van der Waals surface area (Å²) >= 11 is 0. The van der Waals surface area contributed by atoms with E-state index in [0.29, 0.717) is 12.1 Å². The van der Waals surface area contributed by atoms with Crippen molar-refractivity contribution in [2.45, 2.75) is 18.9 Å². The number of hydrogen-bond donors (Lipinski definition) is 4. The van der Waals surface area contributed by atoms with Gasteiger partial charge in [0, 0.05) is 31.2 Å². The average molecular weight is 425 g/mol. The van der Waals surface area contributed by atoms with Crippen LogP contribution in [0.1, 0.15) is 23.2 Å². The number of carbonyl (C=O) groups is 2. The van der Waals surface area contributed by atoms with E-state index in [4.69, 9.17) is 24.3 Å². The summed E-state index contributed by atoms with van der Waals surface area (Å²) in [5.74, 6) is -1.55. The molecule has 1 aliphatic heterocycles. The molecule has 0 spiro atoms. The van der Waals surface area contributed by atoms with Crippen LogP contribution in [0.5, 0.6) is 5.75 Å². The molecule has 0 unspecified atom stereocenters. The Hall–Kier alpha value is -3.18. The van der Waals surface area contributed by atoms with Crippen LogP contribution in [0.4, 0.5) is 10.2 Å². The largest absolute Gasteiger partial charge is 0.494 e. The molecule has 30 heavy (non-hydrogen) atoms. The number of benzene rings is 1. The number of hydrogen-bond acceptors (Lipinski definition) is 8. The van der Waals surface area contributed by atoms with Crippen LogP contribution < -0.4 is 10.1 Å². The first-order chi connectivity index (χ1) is 14.4. The lowest BCUT2D eigenvalue weighted by Crippen LogP contribution is -2.40. The zero-order chi connectivity index (χ0) is 22.1. The van der Waals surface area contributed by atoms with Gasteiger partial charge in [0.1, 0.15) is 0 Å². The molecule has 0 atom stereocenters. The molecule has 0 radical (unpaired) electrons. The molecule has 1 fully saturated rings. The maximum Gasteiger partial charge on any atom is 0.343 e. The Morgan fingerprint density at radius 3 is 2.67 bits per heavy atom. The van der Waals surface area contributed by atoms with E-state index in [-0.39, 0.29) is 42.0 Å². The van der Waals surface area contributed by atoms with E-state index < -0.39 is 11.8 Å². The number of carboxylic acid groups (broad SMARTS) is 2. The lowest BCUT2D eigenvalue weighted by Gasteiger charge is -2.31. The number of aliphatic hydroxyl groups is 1. The quantitative estimate of drug-likeness (QED) is 0.484. The van der Waals surface area contributed by atoms with Gasteiger partial charge in [-0.2, -0.15) is 0 Å². The van der Waals surface area contributed by atoms with Crippen LogP contribution in [0.2, 0.25) is 0 Å². The number of nitrogens with zero attached hydrogens (tertiary/aromatic N) is 2. The van der Waals surface area contributed by atoms with Gasteiger partial charge in [-0.25, -0.2) is 9.18 Å². The second-order valence-electron chi connectivity index (χ2n) is 6.48. The summed E-state index contributed by atoms with van der Waals surface area (Å²) in [6, 6.07) is 4.03. The Morgan fingerprint density at radius 2 is 2.10 bits per heavy atom. The number of halogens is 1. The number of carboxylic acids is 1. The SMILES string of the molecule is COc1cc(-c2onc(NC3CCN(CCO)CC3)c2C(=O)O)ccc1F.O=CO. The van der Waals surface area contributed by atoms with E-state index in [1.54, 1.807) is 0 Å². The highest BCUT2D eigenvalue weighted by Gasteiger charge is 2.27. The molecule has 0 aliphatic carbocycles. The maximum absolute atomic E-state index is 13.6. The molecule has 164 valence electrons. The maximum atomic E-state index is 13.6. The van der Waals surface area contributed by atoms with Crippen molar-refractivity contribution in [1.29, 1.82) is 0 Å². The topological polar surface area (TPSA) is 145 Å². The Bertz CT molecular complexity index is 851. The minimum atomic E-state index is -1.19. The van der Waals surface area contributed by atoms with Crippen molar-refractivity contribution < 1.29 is 38.6 Å². The van der Waals surface area contributed by atoms with Gasteiger partial charge in [-0.05, 0) is 31.0 Å². The number of aromatic nitrogens is 1. The zero-order valence-corrected chi connectivity index (χ0v) is 16.4. The highest BCUT2D eigenvalue weighted by Crippen LogP contribution is 2.33. The van der Waals surface area contributed by atoms with Crippen molar-refractivity contribution in [2.24, 2.45) is 0 Å². The summed E-state index contributed by atoms with van der Waals surface area (Å²) in [4.78, 5) is 22.3. The Balaban J connectivity index is 0.00000101. The fraction of sp³-hybridized carbons (Fsp3) is 0.421. The molecule has 4 N–H and O–H groups in total. The van der Waals surface area contributed by atoms with E-state index in [9.17, 15) is 14.3 Å². The molecule has 2 heterocycles. The van der Waals surface area contributed by atoms with E-state index in [1.165, 1.54) is 25.3 Å². The molecular weight excluding hydrogens is 401 g/mol. The van der Waals surface area contributed by atoms with Gasteiger partial charge in [0.25, 0.3) is 6.47 Å². The van der Waals surface area contributed by atoms with E-state index in [0.717, 1.165) is 25.9 Å². The molecule has 11 heteroatoms. The lowest BCUT2D eigenvalue weighted by molar-refractivity contribution is -0.122. The molecule has 0 bridgehead atoms. The summed E-state index contributed by atoms with van der Waals surface area (Å²) in [7, 11) is 1.33. The summed E-state index contributed by atoms with van der Waals surface area (Å²) in [6.45, 7) is 2.11. The van der Waals surface area contributed by atoms with Crippen molar-refractivity contribution in [1.82, 2.24) is 10.1 Å². The van der Waals surface area contributed by atoms with Crippen molar-refractivity contribution in [3.8, 4) is 17.1 Å². The second-order valence-corrected chi connectivity index (χ2v) is 6.48. The minimum Gasteiger partial charge on any atom is -0.494 e. The summed E-state index contributed by atoms with van der Waals surface area (Å²) in [5.41, 5.74) is 0.269. The van der Waals surface area contributed by atoms with E-state index in [1.807, 2.05) is 0 Å². The fourth-order valence-electron chi connectivity index (χ4n) is 3.22. The van der Waals surface area contributed by atoms with Crippen molar-refractivity contribution >= 4 is 18.3 Å². The van der Waals surface area contributed by atoms with Crippen LogP contribution in [0.25, 0.3) is 11.3 Å². The Kier molecular flexibility index (Phi) is 8.56. The van der Waals surface area contributed by atoms with Crippen LogP contribution in [0.3, 0.4) is 0 Å². The van der Waals surface area contributed by atoms with Crippen LogP contribution in [-0.4, -0.2) is 77.2 Å². The molecule has 1 saturated heterocycles. The van der Waals surface area contributed by atoms with Crippen LogP contribution in [0.15, 0.2) is 22.7 Å². The first-order valence-electron chi connectivity index (χ1n) is 9.19. The number of anilines is 1. The van der Waals surface area contributed by atoms with E-state index in [2.05, 4.69) is 15.4 Å². The molecule has 1 aromatic carbocycles. The Morgan fingerprint density at radius 1 is 1.43 bits per heavy atom. The second kappa shape index (κ2) is 11.1. The summed E-state index contributed by atoms with van der Waals surface area (Å²) in [5, 5.41) is 32.6. The zero-order valence-electron chi connectivity index (χ0n) is 16.4. The number of nitrogens with one attached hydrogen (secondary N) is 1. The first kappa shape index (κ1) is 23.1. The minimum absolute atomic E-state index is 0.00833. The number of likely N-dealkylation sites (tertiary alicyclic amines) is 1. The molecule has 1 aromatic heterocycles. The molecular formula is C19H24FN3O7.